The van der Waals surface area contributed by atoms with E-state index in [2.05, 4.69) is 5.32 Å². The van der Waals surface area contributed by atoms with E-state index in [4.69, 9.17) is 14.2 Å². The van der Waals surface area contributed by atoms with Crippen LogP contribution in [-0.2, 0) is 14.3 Å². The quantitative estimate of drug-likeness (QED) is 0.475. The molecule has 0 saturated carbocycles. The second-order valence-electron chi connectivity index (χ2n) is 4.11. The second kappa shape index (κ2) is 9.23. The van der Waals surface area contributed by atoms with Crippen molar-refractivity contribution in [1.29, 1.82) is 0 Å². The van der Waals surface area contributed by atoms with Gasteiger partial charge in [-0.2, -0.15) is 0 Å². The van der Waals surface area contributed by atoms with Gasteiger partial charge in [0.25, 0.3) is 5.91 Å². The zero-order valence-electron chi connectivity index (χ0n) is 12.8. The van der Waals surface area contributed by atoms with E-state index in [1.54, 1.807) is 30.4 Å². The van der Waals surface area contributed by atoms with Crippen LogP contribution in [-0.4, -0.2) is 32.7 Å². The highest BCUT2D eigenvalue weighted by molar-refractivity contribution is 5.95. The van der Waals surface area contributed by atoms with Gasteiger partial charge in [-0.1, -0.05) is 18.2 Å². The van der Waals surface area contributed by atoms with Crippen molar-refractivity contribution in [2.45, 2.75) is 6.92 Å². The number of methoxy groups -OCH3 is 2. The number of carbonyl (C=O) groups excluding carboxylic acids is 2. The third kappa shape index (κ3) is 5.70. The Balaban J connectivity index is 2.56. The van der Waals surface area contributed by atoms with E-state index in [-0.39, 0.29) is 6.61 Å². The highest BCUT2D eigenvalue weighted by Gasteiger charge is 2.10. The van der Waals surface area contributed by atoms with E-state index in [0.29, 0.717) is 17.2 Å². The summed E-state index contributed by atoms with van der Waals surface area (Å²) in [6, 6.07) is 4.97. The third-order valence-electron chi connectivity index (χ3n) is 2.56. The monoisotopic (exact) mass is 305 g/mol. The van der Waals surface area contributed by atoms with Gasteiger partial charge in [0.15, 0.2) is 6.61 Å². The molecule has 0 heterocycles. The molecule has 0 saturated heterocycles. The van der Waals surface area contributed by atoms with Crippen molar-refractivity contribution in [2.24, 2.45) is 0 Å². The van der Waals surface area contributed by atoms with Crippen LogP contribution in [0.25, 0.3) is 0 Å². The van der Waals surface area contributed by atoms with Gasteiger partial charge in [-0.15, -0.1) is 0 Å². The van der Waals surface area contributed by atoms with Crippen LogP contribution in [0.4, 0.5) is 5.69 Å². The summed E-state index contributed by atoms with van der Waals surface area (Å²) in [5, 5.41) is 2.60. The second-order valence-corrected chi connectivity index (χ2v) is 4.11. The van der Waals surface area contributed by atoms with Crippen LogP contribution in [0.1, 0.15) is 6.92 Å². The molecule has 6 heteroatoms. The first-order chi connectivity index (χ1) is 10.6. The van der Waals surface area contributed by atoms with E-state index in [0.717, 1.165) is 0 Å². The number of hydrogen-bond donors (Lipinski definition) is 1. The number of anilines is 1. The van der Waals surface area contributed by atoms with Crippen molar-refractivity contribution in [3.8, 4) is 11.5 Å². The van der Waals surface area contributed by atoms with Gasteiger partial charge in [0.05, 0.1) is 19.9 Å². The average Bonchev–Trinajstić information content (AvgIpc) is 2.53. The summed E-state index contributed by atoms with van der Waals surface area (Å²) >= 11 is 0. The molecule has 1 aromatic rings. The van der Waals surface area contributed by atoms with E-state index >= 15 is 0 Å². The number of amides is 1. The van der Waals surface area contributed by atoms with Crippen molar-refractivity contribution < 1.29 is 23.8 Å². The Morgan fingerprint density at radius 1 is 1.18 bits per heavy atom. The van der Waals surface area contributed by atoms with E-state index in [9.17, 15) is 9.59 Å². The first-order valence-corrected chi connectivity index (χ1v) is 6.58. The van der Waals surface area contributed by atoms with Crippen molar-refractivity contribution in [2.75, 3.05) is 26.1 Å². The normalized spacial score (nSPS) is 10.7. The summed E-state index contributed by atoms with van der Waals surface area (Å²) in [6.45, 7) is 1.44. The van der Waals surface area contributed by atoms with Crippen molar-refractivity contribution in [3.63, 3.8) is 0 Å². The molecule has 0 aliphatic carbocycles. The summed E-state index contributed by atoms with van der Waals surface area (Å²) in [5.74, 6) is 0.00796. The van der Waals surface area contributed by atoms with Crippen LogP contribution < -0.4 is 14.8 Å². The zero-order valence-corrected chi connectivity index (χ0v) is 12.8. The van der Waals surface area contributed by atoms with E-state index in [1.807, 2.05) is 6.92 Å². The highest BCUT2D eigenvalue weighted by Crippen LogP contribution is 2.28. The molecule has 1 N–H and O–H groups in total. The maximum absolute atomic E-state index is 11.8. The van der Waals surface area contributed by atoms with Crippen LogP contribution in [0.3, 0.4) is 0 Å². The molecule has 118 valence electrons. The van der Waals surface area contributed by atoms with Crippen LogP contribution in [0.5, 0.6) is 11.5 Å². The fourth-order valence-corrected chi connectivity index (χ4v) is 1.52. The number of ether oxygens (including phenoxy) is 3. The van der Waals surface area contributed by atoms with Crippen LogP contribution in [0.15, 0.2) is 42.5 Å². The highest BCUT2D eigenvalue weighted by atomic mass is 16.5. The van der Waals surface area contributed by atoms with Gasteiger partial charge in [-0.05, 0) is 19.1 Å². The molecule has 0 aromatic heterocycles. The van der Waals surface area contributed by atoms with Crippen LogP contribution in [0.2, 0.25) is 0 Å². The summed E-state index contributed by atoms with van der Waals surface area (Å²) in [6.07, 6.45) is 6.23. The average molecular weight is 305 g/mol. The molecule has 0 aliphatic rings. The fraction of sp³-hybridized carbons (Fsp3) is 0.250. The molecular formula is C16H19NO5. The molecule has 22 heavy (non-hydrogen) atoms. The zero-order chi connectivity index (χ0) is 16.4. The summed E-state index contributed by atoms with van der Waals surface area (Å²) in [4.78, 5) is 23.1. The van der Waals surface area contributed by atoms with Gasteiger partial charge < -0.3 is 19.5 Å². The molecule has 6 nitrogen and oxygen atoms in total. The largest absolute Gasteiger partial charge is 0.497 e. The Morgan fingerprint density at radius 2 is 1.95 bits per heavy atom. The molecule has 0 radical (unpaired) electrons. The molecule has 0 unspecified atom stereocenters. The van der Waals surface area contributed by atoms with Gasteiger partial charge in [-0.3, -0.25) is 4.79 Å². The van der Waals surface area contributed by atoms with Gasteiger partial charge >= 0.3 is 5.97 Å². The predicted octanol–water partition coefficient (Wildman–Crippen LogP) is 2.32. The van der Waals surface area contributed by atoms with Crippen molar-refractivity contribution in [3.05, 3.63) is 42.5 Å². The van der Waals surface area contributed by atoms with E-state index in [1.165, 1.54) is 26.4 Å². The molecule has 0 bridgehead atoms. The third-order valence-corrected chi connectivity index (χ3v) is 2.56. The lowest BCUT2D eigenvalue weighted by molar-refractivity contribution is -0.142. The Kier molecular flexibility index (Phi) is 7.25. The fourth-order valence-electron chi connectivity index (χ4n) is 1.52. The van der Waals surface area contributed by atoms with Gasteiger partial charge in [0.1, 0.15) is 11.5 Å². The molecule has 0 aliphatic heterocycles. The predicted molar refractivity (Wildman–Crippen MR) is 83.1 cm³/mol. The van der Waals surface area contributed by atoms with Crippen molar-refractivity contribution >= 4 is 17.6 Å². The standard InChI is InChI=1S/C16H19NO5/c1-4-5-6-7-16(19)22-11-15(18)17-13-9-8-12(20-2)10-14(13)21-3/h4-10H,11H2,1-3H3,(H,17,18)/b5-4+,7-6+. The summed E-state index contributed by atoms with van der Waals surface area (Å²) < 4.78 is 15.0. The molecule has 0 spiro atoms. The maximum atomic E-state index is 11.8. The van der Waals surface area contributed by atoms with Crippen LogP contribution in [0, 0.1) is 0 Å². The molecule has 1 rings (SSSR count). The smallest absolute Gasteiger partial charge is 0.331 e. The molecule has 1 amide bonds. The maximum Gasteiger partial charge on any atom is 0.331 e. The number of esters is 1. The SMILES string of the molecule is C/C=C/C=C/C(=O)OCC(=O)Nc1ccc(OC)cc1OC. The number of benzene rings is 1. The Labute approximate surface area is 129 Å². The van der Waals surface area contributed by atoms with Gasteiger partial charge in [0.2, 0.25) is 0 Å². The number of rotatable bonds is 7. The molecule has 0 atom stereocenters. The number of nitrogens with one attached hydrogen (secondary N) is 1. The topological polar surface area (TPSA) is 73.9 Å². The first-order valence-electron chi connectivity index (χ1n) is 6.58. The lowest BCUT2D eigenvalue weighted by atomic mass is 10.2. The lowest BCUT2D eigenvalue weighted by Gasteiger charge is -2.11. The number of allylic oxidation sites excluding steroid dienone is 3. The van der Waals surface area contributed by atoms with Gasteiger partial charge in [-0.25, -0.2) is 4.79 Å². The molecule has 1 aromatic carbocycles. The van der Waals surface area contributed by atoms with E-state index < -0.39 is 11.9 Å². The summed E-state index contributed by atoms with van der Waals surface area (Å²) in [7, 11) is 3.02. The molecule has 0 fully saturated rings. The minimum Gasteiger partial charge on any atom is -0.497 e. The minimum absolute atomic E-state index is 0.381. The lowest BCUT2D eigenvalue weighted by Crippen LogP contribution is -2.20. The minimum atomic E-state index is -0.588. The Morgan fingerprint density at radius 3 is 2.59 bits per heavy atom. The number of carbonyl (C=O) groups is 2. The van der Waals surface area contributed by atoms with Crippen molar-refractivity contribution in [1.82, 2.24) is 0 Å². The first kappa shape index (κ1) is 17.3. The Hall–Kier alpha value is -2.76. The Bertz CT molecular complexity index is 578. The number of hydrogen-bond acceptors (Lipinski definition) is 5. The van der Waals surface area contributed by atoms with Crippen LogP contribution >= 0.6 is 0 Å². The van der Waals surface area contributed by atoms with Gasteiger partial charge in [0, 0.05) is 12.1 Å². The molecular weight excluding hydrogens is 286 g/mol. The summed E-state index contributed by atoms with van der Waals surface area (Å²) in [5.41, 5.74) is 0.466.